The monoisotopic (exact) mass is 462 g/mol. The molecule has 1 N–H and O–H groups in total. The molecule has 2 aromatic heterocycles. The number of hydrogen-bond acceptors (Lipinski definition) is 6. The van der Waals surface area contributed by atoms with Crippen molar-refractivity contribution in [1.29, 1.82) is 0 Å². The van der Waals surface area contributed by atoms with Crippen molar-refractivity contribution in [2.45, 2.75) is 52.6 Å². The first-order chi connectivity index (χ1) is 16.7. The van der Waals surface area contributed by atoms with Crippen LogP contribution in [-0.4, -0.2) is 40.5 Å². The lowest BCUT2D eigenvalue weighted by molar-refractivity contribution is -0.126. The summed E-state index contributed by atoms with van der Waals surface area (Å²) >= 11 is 0. The fourth-order valence-corrected chi connectivity index (χ4v) is 4.22. The number of carbonyl (C=O) groups is 1. The van der Waals surface area contributed by atoms with E-state index in [9.17, 15) is 4.79 Å². The van der Waals surface area contributed by atoms with Gasteiger partial charge in [0, 0.05) is 43.4 Å². The third-order valence-corrected chi connectivity index (χ3v) is 6.19. The largest absolute Gasteiger partial charge is 0.494 e. The predicted molar refractivity (Wildman–Crippen MR) is 131 cm³/mol. The van der Waals surface area contributed by atoms with Crippen LogP contribution in [0, 0.1) is 5.92 Å². The first kappa shape index (κ1) is 24.0. The van der Waals surface area contributed by atoms with Gasteiger partial charge in [0.25, 0.3) is 0 Å². The number of rotatable bonds is 10. The number of nitrogens with zero attached hydrogens (tertiary/aromatic N) is 3. The number of likely N-dealkylation sites (tertiary alicyclic amines) is 1. The minimum absolute atomic E-state index is 0.0554. The first-order valence-electron chi connectivity index (χ1n) is 12.3. The van der Waals surface area contributed by atoms with E-state index in [1.807, 2.05) is 36.4 Å². The number of amides is 1. The molecule has 0 saturated carbocycles. The summed E-state index contributed by atoms with van der Waals surface area (Å²) < 4.78 is 11.8. The van der Waals surface area contributed by atoms with Crippen LogP contribution in [0.25, 0.3) is 11.5 Å². The minimum atomic E-state index is 0.0554. The number of piperidine rings is 1. The number of hydrogen-bond donors (Lipinski definition) is 1. The molecule has 1 fully saturated rings. The van der Waals surface area contributed by atoms with Crippen molar-refractivity contribution in [1.82, 2.24) is 20.2 Å². The molecule has 1 aromatic carbocycles. The lowest BCUT2D eigenvalue weighted by Crippen LogP contribution is -2.40. The van der Waals surface area contributed by atoms with Gasteiger partial charge in [-0.1, -0.05) is 19.9 Å². The van der Waals surface area contributed by atoms with Crippen LogP contribution in [0.1, 0.15) is 50.1 Å². The highest BCUT2D eigenvalue weighted by Gasteiger charge is 2.26. The van der Waals surface area contributed by atoms with Crippen molar-refractivity contribution in [3.8, 4) is 17.2 Å². The van der Waals surface area contributed by atoms with Gasteiger partial charge < -0.3 is 14.5 Å². The van der Waals surface area contributed by atoms with Crippen LogP contribution in [0.15, 0.2) is 53.2 Å². The van der Waals surface area contributed by atoms with E-state index in [0.29, 0.717) is 19.0 Å². The summed E-state index contributed by atoms with van der Waals surface area (Å²) in [5, 5.41) is 3.05. The Kier molecular flexibility index (Phi) is 8.31. The van der Waals surface area contributed by atoms with Gasteiger partial charge in [0.05, 0.1) is 12.3 Å². The van der Waals surface area contributed by atoms with Crippen molar-refractivity contribution < 1.29 is 13.9 Å². The van der Waals surface area contributed by atoms with Crippen LogP contribution in [0.3, 0.4) is 0 Å². The van der Waals surface area contributed by atoms with E-state index in [1.54, 1.807) is 12.4 Å². The SMILES string of the molecule is CCCOc1ccc(-c2nc(CN3CCC(C(=O)NCc4cccnc4)CC3)c(CC)o2)cc1. The second kappa shape index (κ2) is 11.8. The molecule has 3 heterocycles. The van der Waals surface area contributed by atoms with E-state index >= 15 is 0 Å². The molecular formula is C27H34N4O3. The fourth-order valence-electron chi connectivity index (χ4n) is 4.22. The van der Waals surface area contributed by atoms with Gasteiger partial charge in [0.1, 0.15) is 11.5 Å². The third-order valence-electron chi connectivity index (χ3n) is 6.19. The van der Waals surface area contributed by atoms with E-state index in [0.717, 1.165) is 73.6 Å². The van der Waals surface area contributed by atoms with Crippen molar-refractivity contribution in [3.05, 3.63) is 65.8 Å². The van der Waals surface area contributed by atoms with Gasteiger partial charge in [-0.05, 0) is 68.2 Å². The quantitative estimate of drug-likeness (QED) is 0.474. The summed E-state index contributed by atoms with van der Waals surface area (Å²) in [5.41, 5.74) is 2.96. The second-order valence-electron chi connectivity index (χ2n) is 8.74. The average molecular weight is 463 g/mol. The smallest absolute Gasteiger partial charge is 0.226 e. The van der Waals surface area contributed by atoms with E-state index in [-0.39, 0.29) is 11.8 Å². The number of nitrogens with one attached hydrogen (secondary N) is 1. The maximum Gasteiger partial charge on any atom is 0.226 e. The summed E-state index contributed by atoms with van der Waals surface area (Å²) in [6.07, 6.45) is 7.01. The van der Waals surface area contributed by atoms with Crippen LogP contribution in [-0.2, 0) is 24.3 Å². The molecule has 1 amide bonds. The summed E-state index contributed by atoms with van der Waals surface area (Å²) in [5.74, 6) is 2.63. The van der Waals surface area contributed by atoms with Crippen molar-refractivity contribution in [2.75, 3.05) is 19.7 Å². The number of oxazole rings is 1. The molecule has 3 aromatic rings. The zero-order chi connectivity index (χ0) is 23.8. The Hall–Kier alpha value is -3.19. The van der Waals surface area contributed by atoms with Crippen molar-refractivity contribution in [3.63, 3.8) is 0 Å². The Morgan fingerprint density at radius 1 is 1.18 bits per heavy atom. The number of pyridine rings is 1. The van der Waals surface area contributed by atoms with Gasteiger partial charge in [0.2, 0.25) is 11.8 Å². The molecule has 34 heavy (non-hydrogen) atoms. The highest BCUT2D eigenvalue weighted by molar-refractivity contribution is 5.78. The van der Waals surface area contributed by atoms with Gasteiger partial charge >= 0.3 is 0 Å². The zero-order valence-corrected chi connectivity index (χ0v) is 20.1. The maximum atomic E-state index is 12.6. The Bertz CT molecular complexity index is 1040. The van der Waals surface area contributed by atoms with Crippen LogP contribution < -0.4 is 10.1 Å². The molecule has 1 aliphatic rings. The molecule has 1 aliphatic heterocycles. The number of carbonyl (C=O) groups excluding carboxylic acids is 1. The molecule has 1 saturated heterocycles. The molecular weight excluding hydrogens is 428 g/mol. The van der Waals surface area contributed by atoms with Gasteiger partial charge in [-0.25, -0.2) is 4.98 Å². The number of aryl methyl sites for hydroxylation is 1. The Morgan fingerprint density at radius 2 is 1.97 bits per heavy atom. The van der Waals surface area contributed by atoms with Gasteiger partial charge in [-0.15, -0.1) is 0 Å². The molecule has 0 bridgehead atoms. The van der Waals surface area contributed by atoms with Crippen LogP contribution >= 0.6 is 0 Å². The van der Waals surface area contributed by atoms with Crippen LogP contribution in [0.5, 0.6) is 5.75 Å². The molecule has 180 valence electrons. The second-order valence-corrected chi connectivity index (χ2v) is 8.74. The average Bonchev–Trinajstić information content (AvgIpc) is 3.30. The lowest BCUT2D eigenvalue weighted by atomic mass is 9.95. The van der Waals surface area contributed by atoms with Crippen molar-refractivity contribution in [2.24, 2.45) is 5.92 Å². The predicted octanol–water partition coefficient (Wildman–Crippen LogP) is 4.62. The number of aromatic nitrogens is 2. The molecule has 4 rings (SSSR count). The Labute approximate surface area is 201 Å². The van der Waals surface area contributed by atoms with Crippen LogP contribution in [0.4, 0.5) is 0 Å². The molecule has 7 nitrogen and oxygen atoms in total. The minimum Gasteiger partial charge on any atom is -0.494 e. The molecule has 7 heteroatoms. The Morgan fingerprint density at radius 3 is 2.65 bits per heavy atom. The van der Waals surface area contributed by atoms with E-state index in [4.69, 9.17) is 14.1 Å². The van der Waals surface area contributed by atoms with Crippen LogP contribution in [0.2, 0.25) is 0 Å². The highest BCUT2D eigenvalue weighted by atomic mass is 16.5. The van der Waals surface area contributed by atoms with Gasteiger partial charge in [-0.3, -0.25) is 14.7 Å². The summed E-state index contributed by atoms with van der Waals surface area (Å²) in [6, 6.07) is 11.8. The first-order valence-corrected chi connectivity index (χ1v) is 12.3. The van der Waals surface area contributed by atoms with Crippen molar-refractivity contribution >= 4 is 5.91 Å². The van der Waals surface area contributed by atoms with Gasteiger partial charge in [-0.2, -0.15) is 0 Å². The van der Waals surface area contributed by atoms with E-state index < -0.39 is 0 Å². The molecule has 0 radical (unpaired) electrons. The molecule has 0 spiro atoms. The highest BCUT2D eigenvalue weighted by Crippen LogP contribution is 2.27. The normalized spacial score (nSPS) is 14.8. The molecule has 0 aliphatic carbocycles. The summed E-state index contributed by atoms with van der Waals surface area (Å²) in [6.45, 7) is 7.92. The van der Waals surface area contributed by atoms with Gasteiger partial charge in [0.15, 0.2) is 0 Å². The van der Waals surface area contributed by atoms with E-state index in [2.05, 4.69) is 29.0 Å². The summed E-state index contributed by atoms with van der Waals surface area (Å²) in [4.78, 5) is 23.9. The lowest BCUT2D eigenvalue weighted by Gasteiger charge is -2.30. The standard InChI is InChI=1S/C27H34N4O3/c1-3-16-33-23-9-7-22(8-10-23)27-30-24(25(4-2)34-27)19-31-14-11-21(12-15-31)26(32)29-18-20-6-5-13-28-17-20/h5-10,13,17,21H,3-4,11-12,14-16,18-19H2,1-2H3,(H,29,32). The summed E-state index contributed by atoms with van der Waals surface area (Å²) in [7, 11) is 0. The molecule has 0 unspecified atom stereocenters. The number of ether oxygens (including phenoxy) is 1. The Balaban J connectivity index is 1.30. The van der Waals surface area contributed by atoms with E-state index in [1.165, 1.54) is 0 Å². The maximum absolute atomic E-state index is 12.6. The fraction of sp³-hybridized carbons (Fsp3) is 0.444. The zero-order valence-electron chi connectivity index (χ0n) is 20.1. The number of benzene rings is 1. The third kappa shape index (κ3) is 6.23. The topological polar surface area (TPSA) is 80.5 Å². The molecule has 0 atom stereocenters.